The fraction of sp³-hybridized carbons (Fsp3) is 0.286. The monoisotopic (exact) mass is 276 g/mol. The summed E-state index contributed by atoms with van der Waals surface area (Å²) in [5.74, 6) is 0.309. The van der Waals surface area contributed by atoms with Crippen LogP contribution in [0.1, 0.15) is 29.1 Å². The van der Waals surface area contributed by atoms with Gasteiger partial charge in [0.15, 0.2) is 0 Å². The van der Waals surface area contributed by atoms with Gasteiger partial charge in [0, 0.05) is 12.6 Å². The summed E-state index contributed by atoms with van der Waals surface area (Å²) in [4.78, 5) is 11.7. The zero-order valence-corrected chi connectivity index (χ0v) is 11.5. The lowest BCUT2D eigenvalue weighted by atomic mass is 10.0. The Morgan fingerprint density at radius 3 is 2.55 bits per heavy atom. The van der Waals surface area contributed by atoms with Crippen molar-refractivity contribution in [1.82, 2.24) is 10.5 Å². The molecule has 106 valence electrons. The number of hydrogen-bond acceptors (Lipinski definition) is 5. The molecule has 6 nitrogen and oxygen atoms in total. The Balaban J connectivity index is 2.50. The van der Waals surface area contributed by atoms with Crippen LogP contribution in [0.4, 0.5) is 0 Å². The molecule has 0 bridgehead atoms. The van der Waals surface area contributed by atoms with Crippen LogP contribution in [0.5, 0.6) is 5.75 Å². The third kappa shape index (κ3) is 2.50. The number of aromatic nitrogens is 1. The molecular weight excluding hydrogens is 260 g/mol. The first-order valence-corrected chi connectivity index (χ1v) is 6.12. The van der Waals surface area contributed by atoms with Crippen molar-refractivity contribution in [1.29, 1.82) is 0 Å². The zero-order valence-electron chi connectivity index (χ0n) is 11.5. The third-order valence-electron chi connectivity index (χ3n) is 2.94. The Morgan fingerprint density at radius 1 is 1.40 bits per heavy atom. The molecular formula is C14H16N2O4. The molecule has 1 aromatic carbocycles. The number of nitrogens with zero attached hydrogens (tertiary/aromatic N) is 1. The lowest BCUT2D eigenvalue weighted by Crippen LogP contribution is -2.19. The Hall–Kier alpha value is -2.34. The van der Waals surface area contributed by atoms with Crippen LogP contribution in [0.3, 0.4) is 0 Å². The Morgan fingerprint density at radius 2 is 2.05 bits per heavy atom. The fourth-order valence-corrected chi connectivity index (χ4v) is 1.92. The maximum atomic E-state index is 11.7. The largest absolute Gasteiger partial charge is 0.497 e. The summed E-state index contributed by atoms with van der Waals surface area (Å²) in [7, 11) is 3.07. The predicted molar refractivity (Wildman–Crippen MR) is 72.5 cm³/mol. The van der Waals surface area contributed by atoms with Gasteiger partial charge in [-0.3, -0.25) is 4.79 Å². The van der Waals surface area contributed by atoms with E-state index in [4.69, 9.17) is 9.26 Å². The number of ether oxygens (including phenoxy) is 1. The highest BCUT2D eigenvalue weighted by molar-refractivity contribution is 5.94. The Kier molecular flexibility index (Phi) is 4.05. The molecule has 6 heteroatoms. The van der Waals surface area contributed by atoms with Crippen molar-refractivity contribution in [3.63, 3.8) is 0 Å². The molecule has 1 amide bonds. The van der Waals surface area contributed by atoms with Gasteiger partial charge in [0.25, 0.3) is 5.91 Å². The van der Waals surface area contributed by atoms with Crippen LogP contribution in [0.2, 0.25) is 0 Å². The van der Waals surface area contributed by atoms with Gasteiger partial charge in [0.2, 0.25) is 5.76 Å². The average Bonchev–Trinajstić information content (AvgIpc) is 2.91. The van der Waals surface area contributed by atoms with Crippen LogP contribution < -0.4 is 10.1 Å². The lowest BCUT2D eigenvalue weighted by molar-refractivity contribution is 0.0918. The van der Waals surface area contributed by atoms with Gasteiger partial charge in [-0.25, -0.2) is 0 Å². The van der Waals surface area contributed by atoms with Gasteiger partial charge in [-0.05, 0) is 31.2 Å². The molecule has 2 N–H and O–H groups in total. The second-order valence-electron chi connectivity index (χ2n) is 4.26. The number of carbonyl (C=O) groups excluding carboxylic acids is 1. The van der Waals surface area contributed by atoms with Crippen molar-refractivity contribution in [2.24, 2.45) is 0 Å². The smallest absolute Gasteiger partial charge is 0.290 e. The number of benzene rings is 1. The van der Waals surface area contributed by atoms with E-state index < -0.39 is 12.0 Å². The van der Waals surface area contributed by atoms with E-state index in [0.29, 0.717) is 17.0 Å². The van der Waals surface area contributed by atoms with E-state index in [0.717, 1.165) is 5.56 Å². The second-order valence-corrected chi connectivity index (χ2v) is 4.26. The molecule has 0 saturated carbocycles. The number of aliphatic hydroxyl groups is 1. The number of nitrogens with one attached hydrogen (secondary N) is 1. The van der Waals surface area contributed by atoms with Gasteiger partial charge in [-0.1, -0.05) is 5.16 Å². The van der Waals surface area contributed by atoms with Crippen molar-refractivity contribution in [2.75, 3.05) is 14.2 Å². The number of rotatable bonds is 4. The maximum Gasteiger partial charge on any atom is 0.290 e. The van der Waals surface area contributed by atoms with Crippen molar-refractivity contribution < 1.29 is 19.2 Å². The number of hydrogen-bond donors (Lipinski definition) is 2. The van der Waals surface area contributed by atoms with E-state index in [9.17, 15) is 9.90 Å². The predicted octanol–water partition coefficient (Wildman–Crippen LogP) is 1.76. The van der Waals surface area contributed by atoms with Crippen LogP contribution >= 0.6 is 0 Å². The van der Waals surface area contributed by atoms with Gasteiger partial charge in [0.05, 0.1) is 18.8 Å². The minimum atomic E-state index is -0.870. The number of methoxy groups -OCH3 is 1. The van der Waals surface area contributed by atoms with E-state index in [1.165, 1.54) is 7.05 Å². The lowest BCUT2D eigenvalue weighted by Gasteiger charge is -2.07. The minimum Gasteiger partial charge on any atom is -0.497 e. The van der Waals surface area contributed by atoms with E-state index in [1.807, 2.05) is 0 Å². The summed E-state index contributed by atoms with van der Waals surface area (Å²) in [5, 5.41) is 16.2. The van der Waals surface area contributed by atoms with Gasteiger partial charge < -0.3 is 19.7 Å². The molecule has 1 heterocycles. The van der Waals surface area contributed by atoms with E-state index in [1.54, 1.807) is 38.3 Å². The molecule has 0 spiro atoms. The van der Waals surface area contributed by atoms with Crippen LogP contribution in [0, 0.1) is 0 Å². The zero-order chi connectivity index (χ0) is 14.7. The molecule has 0 saturated heterocycles. The van der Waals surface area contributed by atoms with E-state index >= 15 is 0 Å². The quantitative estimate of drug-likeness (QED) is 0.889. The van der Waals surface area contributed by atoms with Gasteiger partial charge in [-0.15, -0.1) is 0 Å². The highest BCUT2D eigenvalue weighted by Gasteiger charge is 2.25. The molecule has 0 aliphatic carbocycles. The van der Waals surface area contributed by atoms with Crippen molar-refractivity contribution in [2.45, 2.75) is 13.0 Å². The van der Waals surface area contributed by atoms with Crippen LogP contribution in [-0.2, 0) is 0 Å². The number of carbonyl (C=O) groups is 1. The fourth-order valence-electron chi connectivity index (χ4n) is 1.92. The molecule has 1 atom stereocenters. The molecule has 1 aromatic heterocycles. The highest BCUT2D eigenvalue weighted by atomic mass is 16.5. The summed E-state index contributed by atoms with van der Waals surface area (Å²) >= 11 is 0. The van der Waals surface area contributed by atoms with Crippen LogP contribution in [0.25, 0.3) is 11.3 Å². The molecule has 0 aliphatic rings. The van der Waals surface area contributed by atoms with Crippen LogP contribution in [0.15, 0.2) is 28.8 Å². The second kappa shape index (κ2) is 5.75. The molecule has 0 fully saturated rings. The van der Waals surface area contributed by atoms with Crippen LogP contribution in [-0.4, -0.2) is 30.3 Å². The summed E-state index contributed by atoms with van der Waals surface area (Å²) < 4.78 is 10.2. The van der Waals surface area contributed by atoms with E-state index in [2.05, 4.69) is 10.5 Å². The first-order valence-electron chi connectivity index (χ1n) is 6.12. The van der Waals surface area contributed by atoms with Gasteiger partial charge >= 0.3 is 0 Å². The van der Waals surface area contributed by atoms with Gasteiger partial charge in [-0.2, -0.15) is 0 Å². The van der Waals surface area contributed by atoms with Crippen molar-refractivity contribution in [3.05, 3.63) is 35.6 Å². The van der Waals surface area contributed by atoms with Crippen molar-refractivity contribution in [3.8, 4) is 17.0 Å². The normalized spacial score (nSPS) is 12.0. The topological polar surface area (TPSA) is 84.6 Å². The van der Waals surface area contributed by atoms with Gasteiger partial charge in [0.1, 0.15) is 11.4 Å². The molecule has 20 heavy (non-hydrogen) atoms. The first-order chi connectivity index (χ1) is 9.58. The average molecular weight is 276 g/mol. The molecule has 0 aliphatic heterocycles. The summed E-state index contributed by atoms with van der Waals surface area (Å²) in [6, 6.07) is 7.12. The Bertz CT molecular complexity index is 602. The summed E-state index contributed by atoms with van der Waals surface area (Å²) in [6.45, 7) is 1.56. The number of aliphatic hydroxyl groups excluding tert-OH is 1. The SMILES string of the molecule is CNC(=O)c1onc(-c2ccc(OC)cc2)c1[C@H](C)O. The van der Waals surface area contributed by atoms with Crippen molar-refractivity contribution >= 4 is 5.91 Å². The highest BCUT2D eigenvalue weighted by Crippen LogP contribution is 2.31. The standard InChI is InChI=1S/C14H16N2O4/c1-8(17)11-12(16-20-13(11)14(18)15-2)9-4-6-10(19-3)7-5-9/h4-8,17H,1-3H3,(H,15,18)/t8-/m0/s1. The maximum absolute atomic E-state index is 11.7. The summed E-state index contributed by atoms with van der Waals surface area (Å²) in [5.41, 5.74) is 1.55. The molecule has 2 rings (SSSR count). The number of amides is 1. The molecule has 2 aromatic rings. The Labute approximate surface area is 116 Å². The minimum absolute atomic E-state index is 0.0216. The first kappa shape index (κ1) is 14.1. The molecule has 0 unspecified atom stereocenters. The van der Waals surface area contributed by atoms with E-state index in [-0.39, 0.29) is 5.76 Å². The third-order valence-corrected chi connectivity index (χ3v) is 2.94. The summed E-state index contributed by atoms with van der Waals surface area (Å²) in [6.07, 6.45) is -0.870. The molecule has 0 radical (unpaired) electrons.